The number of aryl methyl sites for hydroxylation is 2. The molecule has 0 radical (unpaired) electrons. The Balaban J connectivity index is 1.19. The lowest BCUT2D eigenvalue weighted by Crippen LogP contribution is -2.39. The first-order valence-corrected chi connectivity index (χ1v) is 17.7. The van der Waals surface area contributed by atoms with Gasteiger partial charge in [0.25, 0.3) is 5.91 Å². The van der Waals surface area contributed by atoms with E-state index in [2.05, 4.69) is 27.0 Å². The van der Waals surface area contributed by atoms with Gasteiger partial charge in [-0.3, -0.25) is 18.9 Å². The van der Waals surface area contributed by atoms with Gasteiger partial charge >= 0.3 is 11.4 Å². The van der Waals surface area contributed by atoms with Crippen LogP contribution in [0.3, 0.4) is 0 Å². The lowest BCUT2D eigenvalue weighted by Gasteiger charge is -2.29. The third-order valence-electron chi connectivity index (χ3n) is 11.0. The third kappa shape index (κ3) is 4.90. The molecule has 2 N–H and O–H groups in total. The maximum absolute atomic E-state index is 15.0. The number of carbonyl (C=O) groups excluding carboxylic acids is 1. The van der Waals surface area contributed by atoms with Crippen molar-refractivity contribution in [3.05, 3.63) is 127 Å². The number of ether oxygens (including phenoxy) is 1. The van der Waals surface area contributed by atoms with E-state index in [9.17, 15) is 18.8 Å². The number of H-pyrrole nitrogens is 2. The second kappa shape index (κ2) is 12.0. The van der Waals surface area contributed by atoms with Crippen LogP contribution in [0.4, 0.5) is 4.39 Å². The molecule has 1 aliphatic heterocycles. The van der Waals surface area contributed by atoms with Crippen LogP contribution in [-0.4, -0.2) is 63.5 Å². The smallest absolute Gasteiger partial charge is 0.438 e. The number of aromatic amines is 2. The molecule has 1 amide bonds. The van der Waals surface area contributed by atoms with Crippen LogP contribution < -0.4 is 16.2 Å². The third-order valence-corrected chi connectivity index (χ3v) is 11.0. The Kier molecular flexibility index (Phi) is 7.42. The van der Waals surface area contributed by atoms with Gasteiger partial charge in [0, 0.05) is 53.6 Å². The molecular weight excluding hydrogens is 693 g/mol. The molecule has 7 aromatic rings. The van der Waals surface area contributed by atoms with E-state index in [-0.39, 0.29) is 29.9 Å². The molecule has 1 aliphatic carbocycles. The Labute approximate surface area is 306 Å². The summed E-state index contributed by atoms with van der Waals surface area (Å²) in [5.41, 5.74) is 5.71. The van der Waals surface area contributed by atoms with Gasteiger partial charge in [0.15, 0.2) is 5.82 Å². The number of fused-ring (bicyclic) bond motifs is 2. The highest BCUT2D eigenvalue weighted by atomic mass is 19.1. The zero-order valence-corrected chi connectivity index (χ0v) is 30.2. The van der Waals surface area contributed by atoms with Gasteiger partial charge in [-0.05, 0) is 91.8 Å². The lowest BCUT2D eigenvalue weighted by atomic mass is 10.0. The highest BCUT2D eigenvalue weighted by molar-refractivity contribution is 6.00. The number of amides is 1. The normalized spacial score (nSPS) is 18.0. The summed E-state index contributed by atoms with van der Waals surface area (Å²) >= 11 is 0. The number of aromatic nitrogens is 8. The fraction of sp³-hybridized carbons (Fsp3) is 0.282. The Morgan fingerprint density at radius 3 is 2.54 bits per heavy atom. The second-order valence-electron chi connectivity index (χ2n) is 14.3. The summed E-state index contributed by atoms with van der Waals surface area (Å²) in [7, 11) is 1.59. The molecule has 0 saturated heterocycles. The maximum Gasteiger partial charge on any atom is 0.438 e. The van der Waals surface area contributed by atoms with E-state index in [1.165, 1.54) is 4.57 Å². The van der Waals surface area contributed by atoms with Gasteiger partial charge in [0.1, 0.15) is 22.9 Å². The van der Waals surface area contributed by atoms with E-state index in [0.29, 0.717) is 65.0 Å². The van der Waals surface area contributed by atoms with Crippen LogP contribution in [-0.2, 0) is 18.5 Å². The molecule has 9 rings (SSSR count). The predicted molar refractivity (Wildman–Crippen MR) is 196 cm³/mol. The van der Waals surface area contributed by atoms with Gasteiger partial charge in [-0.1, -0.05) is 18.1 Å². The minimum absolute atomic E-state index is 0.0210. The molecule has 1 fully saturated rings. The molecule has 274 valence electrons. The van der Waals surface area contributed by atoms with Gasteiger partial charge in [0.05, 0.1) is 25.0 Å². The van der Waals surface area contributed by atoms with E-state index >= 15 is 0 Å². The lowest BCUT2D eigenvalue weighted by molar-refractivity contribution is 0.0721. The molecule has 2 atom stereocenters. The summed E-state index contributed by atoms with van der Waals surface area (Å²) in [6.45, 7) is 7.90. The quantitative estimate of drug-likeness (QED) is 0.229. The standard InChI is InChI=1S/C39H36FN9O5/c1-20-14-26(15-21(2)32(20)40)49-34(47-13-11-42-37(47)51)28-19-46(12-9-29(28)44-49)35(50)31-17-25-16-24(27-8-10-41-33(53-5)23(27)4)6-7-30(25)48(31)39(18-22(39)3)36-43-38(52)54-45-36/h6-8,10-11,13-17,22H,9,12,18-19H2,1-5H3,(H,42,51)(H,43,45,52)/t22-,39-/m0/s1. The Hall–Kier alpha value is -6.51. The van der Waals surface area contributed by atoms with Crippen molar-refractivity contribution in [1.29, 1.82) is 0 Å². The van der Waals surface area contributed by atoms with Crippen LogP contribution in [0.1, 0.15) is 57.6 Å². The molecule has 0 spiro atoms. The Morgan fingerprint density at radius 2 is 1.87 bits per heavy atom. The van der Waals surface area contributed by atoms with Gasteiger partial charge in [-0.2, -0.15) is 5.10 Å². The van der Waals surface area contributed by atoms with Crippen molar-refractivity contribution in [3.8, 4) is 28.5 Å². The first-order valence-electron chi connectivity index (χ1n) is 17.7. The van der Waals surface area contributed by atoms with Crippen LogP contribution in [0.15, 0.2) is 75.2 Å². The van der Waals surface area contributed by atoms with Crippen LogP contribution in [0, 0.1) is 32.5 Å². The summed E-state index contributed by atoms with van der Waals surface area (Å²) in [6, 6.07) is 13.2. The van der Waals surface area contributed by atoms with Crippen LogP contribution >= 0.6 is 0 Å². The average Bonchev–Trinajstić information content (AvgIpc) is 3.67. The summed E-state index contributed by atoms with van der Waals surface area (Å²) in [5, 5.41) is 9.86. The van der Waals surface area contributed by atoms with Gasteiger partial charge in [-0.25, -0.2) is 23.6 Å². The predicted octanol–water partition coefficient (Wildman–Crippen LogP) is 5.10. The zero-order chi connectivity index (χ0) is 37.6. The average molecular weight is 730 g/mol. The highest BCUT2D eigenvalue weighted by Crippen LogP contribution is 2.56. The van der Waals surface area contributed by atoms with E-state index < -0.39 is 11.3 Å². The van der Waals surface area contributed by atoms with Crippen molar-refractivity contribution in [2.75, 3.05) is 13.7 Å². The first kappa shape index (κ1) is 33.3. The molecule has 2 aromatic carbocycles. The Bertz CT molecular complexity index is 2760. The van der Waals surface area contributed by atoms with Crippen molar-refractivity contribution < 1.29 is 18.4 Å². The van der Waals surface area contributed by atoms with Crippen molar-refractivity contribution in [3.63, 3.8) is 0 Å². The second-order valence-corrected chi connectivity index (χ2v) is 14.3. The summed E-state index contributed by atoms with van der Waals surface area (Å²) < 4.78 is 30.3. The first-order chi connectivity index (χ1) is 26.0. The number of halogens is 1. The number of methoxy groups -OCH3 is 1. The molecule has 0 unspecified atom stereocenters. The van der Waals surface area contributed by atoms with Gasteiger partial charge < -0.3 is 19.2 Å². The number of pyridine rings is 1. The summed E-state index contributed by atoms with van der Waals surface area (Å²) in [5.74, 6) is 0.165. The number of rotatable bonds is 7. The molecule has 6 heterocycles. The van der Waals surface area contributed by atoms with E-state index in [1.807, 2.05) is 41.8 Å². The SMILES string of the molecule is COc1nccc(-c2ccc3c(c2)cc(C(=O)N2CCc4nn(-c5cc(C)c(F)c(C)c5)c(-n5cc[nH]c5=O)c4C2)n3[C@@]2(c3noc(=O)[nH]3)C[C@@H]2C)c1C. The van der Waals surface area contributed by atoms with Gasteiger partial charge in [0.2, 0.25) is 5.88 Å². The summed E-state index contributed by atoms with van der Waals surface area (Å²) in [6.07, 6.45) is 5.90. The minimum Gasteiger partial charge on any atom is -0.481 e. The number of nitrogens with one attached hydrogen (secondary N) is 2. The zero-order valence-electron chi connectivity index (χ0n) is 30.2. The van der Waals surface area contributed by atoms with Crippen molar-refractivity contribution in [1.82, 2.24) is 43.9 Å². The van der Waals surface area contributed by atoms with Crippen LogP contribution in [0.5, 0.6) is 5.88 Å². The van der Waals surface area contributed by atoms with E-state index in [1.54, 1.807) is 61.3 Å². The molecule has 0 bridgehead atoms. The molecule has 5 aromatic heterocycles. The molecule has 1 saturated carbocycles. The molecule has 54 heavy (non-hydrogen) atoms. The maximum atomic E-state index is 15.0. The number of imidazole rings is 1. The van der Waals surface area contributed by atoms with Crippen molar-refractivity contribution >= 4 is 16.8 Å². The fourth-order valence-electron chi connectivity index (χ4n) is 8.23. The topological polar surface area (TPSA) is 162 Å². The van der Waals surface area contributed by atoms with E-state index in [4.69, 9.17) is 14.4 Å². The number of hydrogen-bond donors (Lipinski definition) is 2. The number of nitrogens with zero attached hydrogens (tertiary/aromatic N) is 7. The largest absolute Gasteiger partial charge is 0.481 e. The van der Waals surface area contributed by atoms with Crippen LogP contribution in [0.25, 0.3) is 33.5 Å². The number of carbonyl (C=O) groups is 1. The summed E-state index contributed by atoms with van der Waals surface area (Å²) in [4.78, 5) is 51.9. The molecular formula is C39H36FN9O5. The van der Waals surface area contributed by atoms with E-state index in [0.717, 1.165) is 33.3 Å². The van der Waals surface area contributed by atoms with Crippen molar-refractivity contribution in [2.24, 2.45) is 5.92 Å². The highest BCUT2D eigenvalue weighted by Gasteiger charge is 2.59. The number of hydrogen-bond acceptors (Lipinski definition) is 8. The monoisotopic (exact) mass is 729 g/mol. The molecule has 15 heteroatoms. The Morgan fingerprint density at radius 1 is 1.09 bits per heavy atom. The van der Waals surface area contributed by atoms with Gasteiger partial charge in [-0.15, -0.1) is 0 Å². The fourth-order valence-corrected chi connectivity index (χ4v) is 8.23. The minimum atomic E-state index is -0.829. The van der Waals surface area contributed by atoms with Crippen LogP contribution in [0.2, 0.25) is 0 Å². The molecule has 14 nitrogen and oxygen atoms in total. The van der Waals surface area contributed by atoms with Crippen molar-refractivity contribution in [2.45, 2.75) is 52.6 Å². The number of benzene rings is 2. The molecule has 2 aliphatic rings.